The molecule has 0 aromatic carbocycles. The number of aromatic nitrogens is 1. The van der Waals surface area contributed by atoms with Crippen molar-refractivity contribution in [1.82, 2.24) is 10.3 Å². The van der Waals surface area contributed by atoms with E-state index in [0.29, 0.717) is 24.3 Å². The first-order valence-electron chi connectivity index (χ1n) is 5.97. The number of hydrogen-bond acceptors (Lipinski definition) is 4. The second kappa shape index (κ2) is 5.44. The lowest BCUT2D eigenvalue weighted by Gasteiger charge is -2.21. The van der Waals surface area contributed by atoms with E-state index in [0.717, 1.165) is 4.88 Å². The van der Waals surface area contributed by atoms with E-state index in [2.05, 4.69) is 10.3 Å². The molecule has 102 valence electrons. The van der Waals surface area contributed by atoms with Crippen LogP contribution in [0.5, 0.6) is 0 Å². The molecule has 2 rings (SSSR count). The monoisotopic (exact) mass is 279 g/mol. The highest BCUT2D eigenvalue weighted by atomic mass is 32.1. The van der Waals surface area contributed by atoms with Crippen LogP contribution in [0.15, 0.2) is 6.20 Å². The van der Waals surface area contributed by atoms with E-state index in [1.54, 1.807) is 13.1 Å². The van der Waals surface area contributed by atoms with E-state index in [1.165, 1.54) is 29.1 Å². The highest BCUT2D eigenvalue weighted by Gasteiger charge is 2.31. The first kappa shape index (κ1) is 13.6. The largest absolute Gasteiger partial charge is 0.406 e. The third-order valence-electron chi connectivity index (χ3n) is 2.71. The van der Waals surface area contributed by atoms with Crippen LogP contribution in [0.3, 0.4) is 0 Å². The number of halogens is 3. The standard InChI is InChI=1S/C11H16F3N3S/c1-2-17(7-11(12,13)14)10-16-6-9(18-10)5-15-8-3-4-8/h6,8,15H,2-5,7H2,1H3. The maximum absolute atomic E-state index is 12.4. The molecule has 0 spiro atoms. The Morgan fingerprint density at radius 1 is 1.50 bits per heavy atom. The summed E-state index contributed by atoms with van der Waals surface area (Å²) in [5.41, 5.74) is 0. The van der Waals surface area contributed by atoms with E-state index in [4.69, 9.17) is 0 Å². The zero-order chi connectivity index (χ0) is 13.2. The zero-order valence-electron chi connectivity index (χ0n) is 10.1. The highest BCUT2D eigenvalue weighted by Crippen LogP contribution is 2.27. The van der Waals surface area contributed by atoms with E-state index in [-0.39, 0.29) is 0 Å². The number of rotatable bonds is 6. The summed E-state index contributed by atoms with van der Waals surface area (Å²) in [6.07, 6.45) is -0.135. The van der Waals surface area contributed by atoms with E-state index < -0.39 is 12.7 Å². The smallest absolute Gasteiger partial charge is 0.339 e. The van der Waals surface area contributed by atoms with Crippen LogP contribution >= 0.6 is 11.3 Å². The van der Waals surface area contributed by atoms with Crippen LogP contribution in [-0.4, -0.2) is 30.3 Å². The van der Waals surface area contributed by atoms with Gasteiger partial charge in [0, 0.05) is 30.2 Å². The van der Waals surface area contributed by atoms with Crippen molar-refractivity contribution in [1.29, 1.82) is 0 Å². The Balaban J connectivity index is 1.93. The quantitative estimate of drug-likeness (QED) is 0.868. The van der Waals surface area contributed by atoms with Crippen LogP contribution in [0.25, 0.3) is 0 Å². The second-order valence-electron chi connectivity index (χ2n) is 4.39. The number of nitrogens with one attached hydrogen (secondary N) is 1. The SMILES string of the molecule is CCN(CC(F)(F)F)c1ncc(CNC2CC2)s1. The lowest BCUT2D eigenvalue weighted by atomic mass is 10.5. The summed E-state index contributed by atoms with van der Waals surface area (Å²) in [6.45, 7) is 1.77. The molecule has 0 radical (unpaired) electrons. The average Bonchev–Trinajstić information content (AvgIpc) is 3.00. The van der Waals surface area contributed by atoms with E-state index in [1.807, 2.05) is 0 Å². The summed E-state index contributed by atoms with van der Waals surface area (Å²) in [4.78, 5) is 6.31. The first-order chi connectivity index (χ1) is 8.48. The minimum atomic E-state index is -4.19. The van der Waals surface area contributed by atoms with Crippen molar-refractivity contribution < 1.29 is 13.2 Å². The summed E-state index contributed by atoms with van der Waals surface area (Å²) < 4.78 is 37.1. The summed E-state index contributed by atoms with van der Waals surface area (Å²) in [6, 6.07) is 0.591. The van der Waals surface area contributed by atoms with Gasteiger partial charge in [0.1, 0.15) is 6.54 Å². The van der Waals surface area contributed by atoms with Gasteiger partial charge in [-0.2, -0.15) is 13.2 Å². The summed E-state index contributed by atoms with van der Waals surface area (Å²) in [7, 11) is 0. The number of thiazole rings is 1. The normalized spacial score (nSPS) is 16.0. The number of hydrogen-bond donors (Lipinski definition) is 1. The van der Waals surface area contributed by atoms with Gasteiger partial charge in [-0.3, -0.25) is 0 Å². The Morgan fingerprint density at radius 2 is 2.22 bits per heavy atom. The Labute approximate surface area is 108 Å². The summed E-state index contributed by atoms with van der Waals surface area (Å²) in [5.74, 6) is 0. The minimum Gasteiger partial charge on any atom is -0.339 e. The van der Waals surface area contributed by atoms with Gasteiger partial charge >= 0.3 is 6.18 Å². The predicted molar refractivity (Wildman–Crippen MR) is 65.9 cm³/mol. The molecule has 1 heterocycles. The topological polar surface area (TPSA) is 28.2 Å². The van der Waals surface area contributed by atoms with Crippen molar-refractivity contribution in [2.75, 3.05) is 18.0 Å². The van der Waals surface area contributed by atoms with Crippen LogP contribution in [0.1, 0.15) is 24.6 Å². The average molecular weight is 279 g/mol. The van der Waals surface area contributed by atoms with Gasteiger partial charge < -0.3 is 10.2 Å². The number of alkyl halides is 3. The van der Waals surface area contributed by atoms with E-state index >= 15 is 0 Å². The Kier molecular flexibility index (Phi) is 4.11. The molecular formula is C11H16F3N3S. The molecule has 1 aromatic heterocycles. The van der Waals surface area contributed by atoms with Crippen molar-refractivity contribution in [2.24, 2.45) is 0 Å². The number of nitrogens with zero attached hydrogens (tertiary/aromatic N) is 2. The van der Waals surface area contributed by atoms with Crippen molar-refractivity contribution in [3.8, 4) is 0 Å². The zero-order valence-corrected chi connectivity index (χ0v) is 10.9. The van der Waals surface area contributed by atoms with Gasteiger partial charge in [0.25, 0.3) is 0 Å². The molecule has 0 bridgehead atoms. The summed E-state index contributed by atoms with van der Waals surface area (Å²) in [5, 5.41) is 3.77. The van der Waals surface area contributed by atoms with Crippen molar-refractivity contribution >= 4 is 16.5 Å². The molecule has 1 aliphatic carbocycles. The fourth-order valence-electron chi connectivity index (χ4n) is 1.59. The Hall–Kier alpha value is -0.820. The maximum atomic E-state index is 12.4. The molecule has 1 aliphatic rings. The first-order valence-corrected chi connectivity index (χ1v) is 6.79. The Morgan fingerprint density at radius 3 is 2.78 bits per heavy atom. The van der Waals surface area contributed by atoms with Gasteiger partial charge in [0.05, 0.1) is 0 Å². The van der Waals surface area contributed by atoms with Crippen LogP contribution < -0.4 is 10.2 Å². The molecule has 0 unspecified atom stereocenters. The fraction of sp³-hybridized carbons (Fsp3) is 0.727. The molecule has 0 saturated heterocycles. The fourth-order valence-corrected chi connectivity index (χ4v) is 2.51. The molecule has 0 atom stereocenters. The van der Waals surface area contributed by atoms with Crippen molar-refractivity contribution in [2.45, 2.75) is 38.5 Å². The molecule has 0 aliphatic heterocycles. The van der Waals surface area contributed by atoms with Crippen molar-refractivity contribution in [3.63, 3.8) is 0 Å². The lowest BCUT2D eigenvalue weighted by molar-refractivity contribution is -0.119. The Bertz CT molecular complexity index is 387. The molecule has 1 fully saturated rings. The third kappa shape index (κ3) is 4.13. The molecule has 1 aromatic rings. The summed E-state index contributed by atoms with van der Waals surface area (Å²) >= 11 is 1.33. The van der Waals surface area contributed by atoms with Gasteiger partial charge in [0.2, 0.25) is 0 Å². The van der Waals surface area contributed by atoms with Gasteiger partial charge in [0.15, 0.2) is 5.13 Å². The highest BCUT2D eigenvalue weighted by molar-refractivity contribution is 7.15. The molecular weight excluding hydrogens is 263 g/mol. The third-order valence-corrected chi connectivity index (χ3v) is 3.76. The molecule has 1 saturated carbocycles. The molecule has 3 nitrogen and oxygen atoms in total. The lowest BCUT2D eigenvalue weighted by Crippen LogP contribution is -2.33. The second-order valence-corrected chi connectivity index (χ2v) is 5.49. The molecule has 1 N–H and O–H groups in total. The molecule has 7 heteroatoms. The van der Waals surface area contributed by atoms with Crippen LogP contribution in [0.2, 0.25) is 0 Å². The van der Waals surface area contributed by atoms with Crippen LogP contribution in [0, 0.1) is 0 Å². The molecule has 18 heavy (non-hydrogen) atoms. The van der Waals surface area contributed by atoms with Crippen LogP contribution in [0.4, 0.5) is 18.3 Å². The number of anilines is 1. The van der Waals surface area contributed by atoms with Gasteiger partial charge in [-0.25, -0.2) is 4.98 Å². The predicted octanol–water partition coefficient (Wildman–Crippen LogP) is 2.78. The molecule has 0 amide bonds. The van der Waals surface area contributed by atoms with Gasteiger partial charge in [-0.15, -0.1) is 11.3 Å². The maximum Gasteiger partial charge on any atom is 0.406 e. The minimum absolute atomic E-state index is 0.308. The van der Waals surface area contributed by atoms with Crippen LogP contribution in [-0.2, 0) is 6.54 Å². The van der Waals surface area contributed by atoms with Gasteiger partial charge in [-0.1, -0.05) is 0 Å². The van der Waals surface area contributed by atoms with Gasteiger partial charge in [-0.05, 0) is 19.8 Å². The van der Waals surface area contributed by atoms with E-state index in [9.17, 15) is 13.2 Å². The van der Waals surface area contributed by atoms with Crippen molar-refractivity contribution in [3.05, 3.63) is 11.1 Å².